The number of amides is 2. The Morgan fingerprint density at radius 2 is 1.89 bits per heavy atom. The van der Waals surface area contributed by atoms with Gasteiger partial charge in [-0.25, -0.2) is 0 Å². The average molecular weight is 262 g/mol. The molecule has 4 aliphatic rings. The van der Waals surface area contributed by atoms with Crippen molar-refractivity contribution in [2.75, 3.05) is 7.05 Å². The van der Waals surface area contributed by atoms with Crippen molar-refractivity contribution in [2.24, 2.45) is 23.7 Å². The highest BCUT2D eigenvalue weighted by atomic mass is 16.2. The van der Waals surface area contributed by atoms with Gasteiger partial charge < -0.3 is 5.32 Å². The number of carbonyl (C=O) groups is 2. The maximum absolute atomic E-state index is 12.0. The van der Waals surface area contributed by atoms with Gasteiger partial charge in [-0.15, -0.1) is 0 Å². The number of nitrogens with one attached hydrogen (secondary N) is 1. The Hall–Kier alpha value is -0.900. The van der Waals surface area contributed by atoms with Gasteiger partial charge in [0.25, 0.3) is 0 Å². The normalized spacial score (nSPS) is 48.4. The number of rotatable bonds is 2. The predicted molar refractivity (Wildman–Crippen MR) is 70.2 cm³/mol. The molecule has 104 valence electrons. The summed E-state index contributed by atoms with van der Waals surface area (Å²) in [6.45, 7) is 0. The standard InChI is InChI=1S/C15H22N2O2/c1-17-14(18)7-13(15(17)19)16-12-6-8-5-11(12)10-4-2-3-9(8)10/h8-13,16H,2-7H2,1H3. The van der Waals surface area contributed by atoms with Crippen LogP contribution in [0, 0.1) is 23.7 Å². The van der Waals surface area contributed by atoms with E-state index in [0.29, 0.717) is 12.5 Å². The third-order valence-electron chi connectivity index (χ3n) is 6.23. The van der Waals surface area contributed by atoms with Crippen molar-refractivity contribution in [3.05, 3.63) is 0 Å². The van der Waals surface area contributed by atoms with Gasteiger partial charge in [0, 0.05) is 13.1 Å². The van der Waals surface area contributed by atoms with E-state index in [0.717, 1.165) is 23.7 Å². The number of imide groups is 1. The fraction of sp³-hybridized carbons (Fsp3) is 0.867. The van der Waals surface area contributed by atoms with Crippen LogP contribution in [0.5, 0.6) is 0 Å². The molecule has 6 unspecified atom stereocenters. The fourth-order valence-electron chi connectivity index (χ4n) is 5.40. The molecule has 3 aliphatic carbocycles. The Kier molecular flexibility index (Phi) is 2.53. The van der Waals surface area contributed by atoms with Crippen molar-refractivity contribution in [2.45, 2.75) is 50.6 Å². The summed E-state index contributed by atoms with van der Waals surface area (Å²) in [5, 5.41) is 3.52. The van der Waals surface area contributed by atoms with Crippen LogP contribution < -0.4 is 5.32 Å². The highest BCUT2D eigenvalue weighted by molar-refractivity contribution is 6.05. The maximum Gasteiger partial charge on any atom is 0.246 e. The lowest BCUT2D eigenvalue weighted by Gasteiger charge is -2.33. The summed E-state index contributed by atoms with van der Waals surface area (Å²) in [7, 11) is 1.60. The Labute approximate surface area is 113 Å². The largest absolute Gasteiger partial charge is 0.302 e. The van der Waals surface area contributed by atoms with Crippen molar-refractivity contribution in [3.8, 4) is 0 Å². The summed E-state index contributed by atoms with van der Waals surface area (Å²) in [6, 6.07) is 0.235. The first-order valence-corrected chi connectivity index (χ1v) is 7.71. The molecule has 1 heterocycles. The second-order valence-corrected chi connectivity index (χ2v) is 6.97. The van der Waals surface area contributed by atoms with Gasteiger partial charge in [0.05, 0.1) is 12.5 Å². The summed E-state index contributed by atoms with van der Waals surface area (Å²) < 4.78 is 0. The highest BCUT2D eigenvalue weighted by Crippen LogP contribution is 2.58. The lowest BCUT2D eigenvalue weighted by atomic mass is 9.79. The van der Waals surface area contributed by atoms with Crippen LogP contribution in [-0.4, -0.2) is 35.8 Å². The molecular formula is C15H22N2O2. The molecule has 4 nitrogen and oxygen atoms in total. The SMILES string of the molecule is CN1C(=O)CC(NC2CC3CC2C2CCCC32)C1=O. The lowest BCUT2D eigenvalue weighted by molar-refractivity contribution is -0.137. The van der Waals surface area contributed by atoms with Gasteiger partial charge in [-0.1, -0.05) is 6.42 Å². The molecule has 0 aromatic rings. The van der Waals surface area contributed by atoms with Gasteiger partial charge in [0.15, 0.2) is 0 Å². The van der Waals surface area contributed by atoms with E-state index in [2.05, 4.69) is 5.32 Å². The fourth-order valence-corrected chi connectivity index (χ4v) is 5.40. The van der Waals surface area contributed by atoms with Crippen molar-refractivity contribution in [1.82, 2.24) is 10.2 Å². The van der Waals surface area contributed by atoms with E-state index >= 15 is 0 Å². The molecule has 4 rings (SSSR count). The second kappa shape index (κ2) is 4.05. The molecule has 3 saturated carbocycles. The number of carbonyl (C=O) groups excluding carboxylic acids is 2. The van der Waals surface area contributed by atoms with Crippen LogP contribution in [0.25, 0.3) is 0 Å². The summed E-state index contributed by atoms with van der Waals surface area (Å²) in [5.74, 6) is 3.47. The monoisotopic (exact) mass is 262 g/mol. The quantitative estimate of drug-likeness (QED) is 0.760. The van der Waals surface area contributed by atoms with Crippen molar-refractivity contribution < 1.29 is 9.59 Å². The Morgan fingerprint density at radius 3 is 2.63 bits per heavy atom. The lowest BCUT2D eigenvalue weighted by Crippen LogP contribution is -2.47. The molecule has 0 radical (unpaired) electrons. The minimum atomic E-state index is -0.248. The summed E-state index contributed by atoms with van der Waals surface area (Å²) in [4.78, 5) is 24.8. The van der Waals surface area contributed by atoms with Gasteiger partial charge in [-0.05, 0) is 49.4 Å². The van der Waals surface area contributed by atoms with Crippen LogP contribution in [0.2, 0.25) is 0 Å². The van der Waals surface area contributed by atoms with Crippen molar-refractivity contribution in [3.63, 3.8) is 0 Å². The smallest absolute Gasteiger partial charge is 0.246 e. The molecule has 1 saturated heterocycles. The van der Waals surface area contributed by atoms with E-state index in [1.54, 1.807) is 7.05 Å². The second-order valence-electron chi connectivity index (χ2n) is 6.97. The van der Waals surface area contributed by atoms with Crippen molar-refractivity contribution in [1.29, 1.82) is 0 Å². The van der Waals surface area contributed by atoms with Crippen LogP contribution in [0.4, 0.5) is 0 Å². The summed E-state index contributed by atoms with van der Waals surface area (Å²) in [6.07, 6.45) is 7.17. The van der Waals surface area contributed by atoms with Crippen LogP contribution in [0.1, 0.15) is 38.5 Å². The molecule has 2 bridgehead atoms. The molecule has 4 heteroatoms. The molecule has 4 fully saturated rings. The number of hydrogen-bond donors (Lipinski definition) is 1. The summed E-state index contributed by atoms with van der Waals surface area (Å²) >= 11 is 0. The van der Waals surface area contributed by atoms with Gasteiger partial charge in [-0.3, -0.25) is 14.5 Å². The van der Waals surface area contributed by atoms with Crippen LogP contribution >= 0.6 is 0 Å². The Balaban J connectivity index is 1.45. The molecule has 1 N–H and O–H groups in total. The van der Waals surface area contributed by atoms with Gasteiger partial charge in [-0.2, -0.15) is 0 Å². The first-order valence-electron chi connectivity index (χ1n) is 7.71. The molecular weight excluding hydrogens is 240 g/mol. The first kappa shape index (κ1) is 11.9. The molecule has 6 atom stereocenters. The molecule has 2 amide bonds. The van der Waals surface area contributed by atoms with Gasteiger partial charge in [0.1, 0.15) is 0 Å². The molecule has 0 aromatic carbocycles. The first-order chi connectivity index (χ1) is 9.15. The Morgan fingerprint density at radius 1 is 1.11 bits per heavy atom. The number of fused-ring (bicyclic) bond motifs is 5. The van der Waals surface area contributed by atoms with E-state index in [-0.39, 0.29) is 17.9 Å². The zero-order chi connectivity index (χ0) is 13.1. The van der Waals surface area contributed by atoms with E-state index in [4.69, 9.17) is 0 Å². The zero-order valence-corrected chi connectivity index (χ0v) is 11.5. The molecule has 19 heavy (non-hydrogen) atoms. The number of nitrogens with zero attached hydrogens (tertiary/aromatic N) is 1. The number of likely N-dealkylation sites (tertiary alicyclic amines) is 1. The zero-order valence-electron chi connectivity index (χ0n) is 11.5. The number of hydrogen-bond acceptors (Lipinski definition) is 3. The van der Waals surface area contributed by atoms with Gasteiger partial charge in [0.2, 0.25) is 11.8 Å². The maximum atomic E-state index is 12.0. The Bertz CT molecular complexity index is 436. The van der Waals surface area contributed by atoms with Crippen molar-refractivity contribution >= 4 is 11.8 Å². The molecule has 0 aromatic heterocycles. The van der Waals surface area contributed by atoms with E-state index < -0.39 is 0 Å². The van der Waals surface area contributed by atoms with E-state index in [9.17, 15) is 9.59 Å². The van der Waals surface area contributed by atoms with Crippen LogP contribution in [0.15, 0.2) is 0 Å². The third kappa shape index (κ3) is 1.62. The third-order valence-corrected chi connectivity index (χ3v) is 6.23. The van der Waals surface area contributed by atoms with E-state index in [1.807, 2.05) is 0 Å². The minimum Gasteiger partial charge on any atom is -0.302 e. The number of likely N-dealkylation sites (N-methyl/N-ethyl adjacent to an activating group) is 1. The minimum absolute atomic E-state index is 0.0317. The highest BCUT2D eigenvalue weighted by Gasteiger charge is 2.54. The van der Waals surface area contributed by atoms with Crippen LogP contribution in [0.3, 0.4) is 0 Å². The topological polar surface area (TPSA) is 49.4 Å². The molecule has 1 aliphatic heterocycles. The predicted octanol–water partition coefficient (Wildman–Crippen LogP) is 1.16. The van der Waals surface area contributed by atoms with E-state index in [1.165, 1.54) is 37.0 Å². The summed E-state index contributed by atoms with van der Waals surface area (Å²) in [5.41, 5.74) is 0. The average Bonchev–Trinajstić information content (AvgIpc) is 3.10. The van der Waals surface area contributed by atoms with Gasteiger partial charge >= 0.3 is 0 Å². The van der Waals surface area contributed by atoms with Crippen LogP contribution in [-0.2, 0) is 9.59 Å². The molecule has 0 spiro atoms.